The number of ether oxygens (including phenoxy) is 2. The second-order valence-corrected chi connectivity index (χ2v) is 6.69. The van der Waals surface area contributed by atoms with E-state index in [9.17, 15) is 9.90 Å². The van der Waals surface area contributed by atoms with E-state index in [4.69, 9.17) is 21.1 Å². The van der Waals surface area contributed by atoms with Gasteiger partial charge >= 0.3 is 0 Å². The van der Waals surface area contributed by atoms with Crippen LogP contribution in [0.3, 0.4) is 0 Å². The molecule has 5 nitrogen and oxygen atoms in total. The molecule has 1 atom stereocenters. The maximum atomic E-state index is 12.3. The molecule has 1 N–H and O–H groups in total. The highest BCUT2D eigenvalue weighted by atomic mass is 35.5. The molecule has 0 radical (unpaired) electrons. The second-order valence-electron chi connectivity index (χ2n) is 6.32. The van der Waals surface area contributed by atoms with Crippen LogP contribution in [0.4, 0.5) is 0 Å². The molecule has 1 aromatic carbocycles. The Balaban J connectivity index is 1.93. The van der Waals surface area contributed by atoms with E-state index in [2.05, 4.69) is 0 Å². The van der Waals surface area contributed by atoms with Crippen molar-refractivity contribution in [2.45, 2.75) is 20.3 Å². The van der Waals surface area contributed by atoms with Gasteiger partial charge in [0.15, 0.2) is 6.61 Å². The van der Waals surface area contributed by atoms with Crippen LogP contribution < -0.4 is 4.74 Å². The Morgan fingerprint density at radius 2 is 2.04 bits per heavy atom. The number of benzene rings is 1. The van der Waals surface area contributed by atoms with E-state index in [1.807, 2.05) is 26.0 Å². The number of halogens is 1. The number of likely N-dealkylation sites (tertiary alicyclic amines) is 1. The summed E-state index contributed by atoms with van der Waals surface area (Å²) in [6.07, 6.45) is 0.738. The fourth-order valence-electron chi connectivity index (χ4n) is 2.97. The fourth-order valence-corrected chi connectivity index (χ4v) is 3.08. The summed E-state index contributed by atoms with van der Waals surface area (Å²) in [4.78, 5) is 14.0. The van der Waals surface area contributed by atoms with Gasteiger partial charge in [0, 0.05) is 30.6 Å². The minimum atomic E-state index is -0.349. The maximum absolute atomic E-state index is 12.3. The third kappa shape index (κ3) is 4.16. The van der Waals surface area contributed by atoms with Crippen molar-refractivity contribution < 1.29 is 19.4 Å². The highest BCUT2D eigenvalue weighted by molar-refractivity contribution is 6.32. The van der Waals surface area contributed by atoms with Crippen molar-refractivity contribution in [2.24, 2.45) is 5.41 Å². The normalized spacial score (nSPS) is 20.8. The van der Waals surface area contributed by atoms with E-state index in [0.29, 0.717) is 25.4 Å². The van der Waals surface area contributed by atoms with Crippen molar-refractivity contribution >= 4 is 17.5 Å². The maximum Gasteiger partial charge on any atom is 0.260 e. The first-order valence-corrected chi connectivity index (χ1v) is 8.06. The van der Waals surface area contributed by atoms with Gasteiger partial charge in [0.25, 0.3) is 5.91 Å². The second kappa shape index (κ2) is 7.51. The number of carbonyl (C=O) groups excluding carboxylic acids is 1. The molecule has 2 rings (SSSR count). The molecular formula is C17H24ClNO4. The van der Waals surface area contributed by atoms with Crippen molar-refractivity contribution in [2.75, 3.05) is 40.0 Å². The molecule has 1 aliphatic heterocycles. The number of hydrogen-bond donors (Lipinski definition) is 1. The Bertz CT molecular complexity index is 555. The zero-order chi connectivity index (χ0) is 17.0. The summed E-state index contributed by atoms with van der Waals surface area (Å²) in [5, 5.41) is 10.3. The smallest absolute Gasteiger partial charge is 0.260 e. The number of rotatable bonds is 6. The van der Waals surface area contributed by atoms with Crippen molar-refractivity contribution in [3.8, 4) is 5.75 Å². The summed E-state index contributed by atoms with van der Waals surface area (Å²) in [5.74, 6) is 0.559. The average molecular weight is 342 g/mol. The Kier molecular flexibility index (Phi) is 5.89. The van der Waals surface area contributed by atoms with Gasteiger partial charge in [0.2, 0.25) is 0 Å². The molecule has 1 aliphatic rings. The lowest BCUT2D eigenvalue weighted by atomic mass is 9.89. The quantitative estimate of drug-likeness (QED) is 0.861. The molecule has 1 amide bonds. The van der Waals surface area contributed by atoms with E-state index < -0.39 is 0 Å². The third-order valence-electron chi connectivity index (χ3n) is 4.35. The predicted molar refractivity (Wildman–Crippen MR) is 89.0 cm³/mol. The topological polar surface area (TPSA) is 59.0 Å². The first-order chi connectivity index (χ1) is 10.9. The molecule has 1 heterocycles. The lowest BCUT2D eigenvalue weighted by molar-refractivity contribution is -0.133. The summed E-state index contributed by atoms with van der Waals surface area (Å²) in [7, 11) is 1.61. The van der Waals surface area contributed by atoms with Gasteiger partial charge in [-0.15, -0.1) is 0 Å². The largest absolute Gasteiger partial charge is 0.484 e. The van der Waals surface area contributed by atoms with Gasteiger partial charge in [0.05, 0.1) is 13.2 Å². The van der Waals surface area contributed by atoms with Gasteiger partial charge in [0.1, 0.15) is 5.75 Å². The first kappa shape index (κ1) is 18.0. The van der Waals surface area contributed by atoms with Crippen LogP contribution in [-0.4, -0.2) is 55.9 Å². The molecular weight excluding hydrogens is 318 g/mol. The minimum Gasteiger partial charge on any atom is -0.484 e. The summed E-state index contributed by atoms with van der Waals surface area (Å²) >= 11 is 6.13. The number of aryl methyl sites for hydroxylation is 2. The number of methoxy groups -OCH3 is 1. The van der Waals surface area contributed by atoms with Crippen LogP contribution in [0, 0.1) is 19.3 Å². The molecule has 128 valence electrons. The molecule has 0 aromatic heterocycles. The van der Waals surface area contributed by atoms with Crippen molar-refractivity contribution in [3.05, 3.63) is 28.3 Å². The number of hydrogen-bond acceptors (Lipinski definition) is 4. The molecule has 23 heavy (non-hydrogen) atoms. The van der Waals surface area contributed by atoms with E-state index >= 15 is 0 Å². The van der Waals surface area contributed by atoms with Crippen LogP contribution in [0.15, 0.2) is 12.1 Å². The van der Waals surface area contributed by atoms with Gasteiger partial charge in [-0.05, 0) is 43.5 Å². The SMILES string of the molecule is COCC1(CO)CCN(C(=O)COc2cc(C)c(Cl)c(C)c2)C1. The molecule has 1 aromatic rings. The van der Waals surface area contributed by atoms with Crippen molar-refractivity contribution in [1.29, 1.82) is 0 Å². The molecule has 6 heteroatoms. The highest BCUT2D eigenvalue weighted by Crippen LogP contribution is 2.30. The Labute approximate surface area is 142 Å². The van der Waals surface area contributed by atoms with E-state index in [0.717, 1.165) is 22.6 Å². The number of aliphatic hydroxyl groups excluding tert-OH is 1. The zero-order valence-corrected chi connectivity index (χ0v) is 14.7. The number of amides is 1. The van der Waals surface area contributed by atoms with Crippen LogP contribution in [0.25, 0.3) is 0 Å². The van der Waals surface area contributed by atoms with Gasteiger partial charge in [-0.25, -0.2) is 0 Å². The summed E-state index contributed by atoms with van der Waals surface area (Å²) in [6, 6.07) is 3.66. The minimum absolute atomic E-state index is 0.0149. The zero-order valence-electron chi connectivity index (χ0n) is 13.9. The first-order valence-electron chi connectivity index (χ1n) is 7.68. The van der Waals surface area contributed by atoms with Crippen LogP contribution in [0.5, 0.6) is 5.75 Å². The predicted octanol–water partition coefficient (Wildman–Crippen LogP) is 2.19. The highest BCUT2D eigenvalue weighted by Gasteiger charge is 2.39. The molecule has 0 saturated carbocycles. The van der Waals surface area contributed by atoms with E-state index in [1.54, 1.807) is 12.0 Å². The third-order valence-corrected chi connectivity index (χ3v) is 4.95. The molecule has 1 saturated heterocycles. The van der Waals surface area contributed by atoms with Crippen LogP contribution in [0.1, 0.15) is 17.5 Å². The fraction of sp³-hybridized carbons (Fsp3) is 0.588. The monoisotopic (exact) mass is 341 g/mol. The van der Waals surface area contributed by atoms with Gasteiger partial charge in [-0.3, -0.25) is 4.79 Å². The van der Waals surface area contributed by atoms with Crippen molar-refractivity contribution in [1.82, 2.24) is 4.90 Å². The van der Waals surface area contributed by atoms with Gasteiger partial charge in [-0.1, -0.05) is 11.6 Å². The lowest BCUT2D eigenvalue weighted by Gasteiger charge is -2.26. The van der Waals surface area contributed by atoms with Crippen molar-refractivity contribution in [3.63, 3.8) is 0 Å². The van der Waals surface area contributed by atoms with Gasteiger partial charge in [-0.2, -0.15) is 0 Å². The standard InChI is InChI=1S/C17H24ClNO4/c1-12-6-14(7-13(2)16(12)18)23-8-15(21)19-5-4-17(9-19,10-20)11-22-3/h6-7,20H,4-5,8-11H2,1-3H3. The summed E-state index contributed by atoms with van der Waals surface area (Å²) in [5.41, 5.74) is 1.50. The number of carbonyl (C=O) groups is 1. The molecule has 1 unspecified atom stereocenters. The lowest BCUT2D eigenvalue weighted by Crippen LogP contribution is -2.38. The Hall–Kier alpha value is -1.30. The Morgan fingerprint density at radius 1 is 1.39 bits per heavy atom. The summed E-state index contributed by atoms with van der Waals surface area (Å²) in [6.45, 7) is 5.37. The molecule has 0 bridgehead atoms. The number of nitrogens with zero attached hydrogens (tertiary/aromatic N) is 1. The Morgan fingerprint density at radius 3 is 2.61 bits per heavy atom. The number of aliphatic hydroxyl groups is 1. The summed E-state index contributed by atoms with van der Waals surface area (Å²) < 4.78 is 10.8. The van der Waals surface area contributed by atoms with Crippen LogP contribution in [-0.2, 0) is 9.53 Å². The van der Waals surface area contributed by atoms with E-state index in [1.165, 1.54) is 0 Å². The van der Waals surface area contributed by atoms with Crippen LogP contribution in [0.2, 0.25) is 5.02 Å². The van der Waals surface area contributed by atoms with E-state index in [-0.39, 0.29) is 24.5 Å². The molecule has 0 spiro atoms. The van der Waals surface area contributed by atoms with Gasteiger partial charge < -0.3 is 19.5 Å². The molecule has 0 aliphatic carbocycles. The molecule has 1 fully saturated rings. The average Bonchev–Trinajstić information content (AvgIpc) is 2.95. The van der Waals surface area contributed by atoms with Crippen LogP contribution >= 0.6 is 11.6 Å².